The number of carbonyl (C=O) groups is 1. The smallest absolute Gasteiger partial charge is 0.251 e. The molecular weight excluding hydrogens is 228 g/mol. The van der Waals surface area contributed by atoms with E-state index >= 15 is 0 Å². The summed E-state index contributed by atoms with van der Waals surface area (Å²) in [4.78, 5) is 11.3. The third-order valence-electron chi connectivity index (χ3n) is 2.24. The standard InChI is InChI=1S/C12H15F2NO2/c1-12(2,17)11(16)15-6-5-8-3-4-9(13)10(14)7-8/h3-4,7,17H,5-6H2,1-2H3,(H,15,16). The lowest BCUT2D eigenvalue weighted by atomic mass is 10.1. The van der Waals surface area contributed by atoms with Crippen LogP contribution in [0.2, 0.25) is 0 Å². The Morgan fingerprint density at radius 2 is 2.00 bits per heavy atom. The van der Waals surface area contributed by atoms with Crippen LogP contribution in [0.4, 0.5) is 8.78 Å². The van der Waals surface area contributed by atoms with Gasteiger partial charge in [-0.3, -0.25) is 4.79 Å². The summed E-state index contributed by atoms with van der Waals surface area (Å²) in [5.41, 5.74) is -0.853. The molecule has 0 bridgehead atoms. The van der Waals surface area contributed by atoms with E-state index in [2.05, 4.69) is 5.32 Å². The normalized spacial score (nSPS) is 11.4. The molecule has 0 aliphatic carbocycles. The minimum Gasteiger partial charge on any atom is -0.381 e. The molecule has 1 amide bonds. The monoisotopic (exact) mass is 243 g/mol. The van der Waals surface area contributed by atoms with Gasteiger partial charge in [-0.25, -0.2) is 8.78 Å². The van der Waals surface area contributed by atoms with Crippen LogP contribution in [0.15, 0.2) is 18.2 Å². The van der Waals surface area contributed by atoms with E-state index in [4.69, 9.17) is 0 Å². The van der Waals surface area contributed by atoms with Crippen molar-refractivity contribution >= 4 is 5.91 Å². The summed E-state index contributed by atoms with van der Waals surface area (Å²) >= 11 is 0. The Morgan fingerprint density at radius 1 is 1.35 bits per heavy atom. The highest BCUT2D eigenvalue weighted by molar-refractivity contribution is 5.83. The maximum Gasteiger partial charge on any atom is 0.251 e. The maximum atomic E-state index is 12.9. The van der Waals surface area contributed by atoms with E-state index in [-0.39, 0.29) is 6.54 Å². The largest absolute Gasteiger partial charge is 0.381 e. The lowest BCUT2D eigenvalue weighted by Gasteiger charge is -2.16. The number of rotatable bonds is 4. The molecule has 0 aliphatic heterocycles. The van der Waals surface area contributed by atoms with Gasteiger partial charge in [-0.05, 0) is 38.0 Å². The fourth-order valence-electron chi connectivity index (χ4n) is 1.23. The van der Waals surface area contributed by atoms with Crippen LogP contribution in [0.25, 0.3) is 0 Å². The second kappa shape index (κ2) is 5.23. The molecule has 2 N–H and O–H groups in total. The van der Waals surface area contributed by atoms with Crippen LogP contribution in [0.5, 0.6) is 0 Å². The molecule has 0 aliphatic rings. The van der Waals surface area contributed by atoms with Gasteiger partial charge in [0.25, 0.3) is 5.91 Å². The van der Waals surface area contributed by atoms with E-state index in [1.165, 1.54) is 19.9 Å². The minimum atomic E-state index is -1.44. The van der Waals surface area contributed by atoms with E-state index in [1.54, 1.807) is 0 Å². The highest BCUT2D eigenvalue weighted by atomic mass is 19.2. The molecule has 0 spiro atoms. The molecule has 1 rings (SSSR count). The SMILES string of the molecule is CC(C)(O)C(=O)NCCc1ccc(F)c(F)c1. The van der Waals surface area contributed by atoms with E-state index in [0.29, 0.717) is 12.0 Å². The molecule has 94 valence electrons. The van der Waals surface area contributed by atoms with Crippen LogP contribution in [-0.4, -0.2) is 23.2 Å². The van der Waals surface area contributed by atoms with Crippen molar-refractivity contribution in [1.82, 2.24) is 5.32 Å². The van der Waals surface area contributed by atoms with Crippen molar-refractivity contribution in [3.63, 3.8) is 0 Å². The Morgan fingerprint density at radius 3 is 2.53 bits per heavy atom. The fourth-order valence-corrected chi connectivity index (χ4v) is 1.23. The van der Waals surface area contributed by atoms with Crippen LogP contribution in [-0.2, 0) is 11.2 Å². The fraction of sp³-hybridized carbons (Fsp3) is 0.417. The Balaban J connectivity index is 2.46. The van der Waals surface area contributed by atoms with Gasteiger partial charge >= 0.3 is 0 Å². The van der Waals surface area contributed by atoms with Crippen molar-refractivity contribution in [2.24, 2.45) is 0 Å². The van der Waals surface area contributed by atoms with Gasteiger partial charge in [-0.1, -0.05) is 6.07 Å². The first kappa shape index (κ1) is 13.6. The number of amides is 1. The zero-order valence-electron chi connectivity index (χ0n) is 9.76. The van der Waals surface area contributed by atoms with Gasteiger partial charge in [0.1, 0.15) is 5.60 Å². The predicted molar refractivity (Wildman–Crippen MR) is 59.4 cm³/mol. The quantitative estimate of drug-likeness (QED) is 0.839. The predicted octanol–water partition coefficient (Wildman–Crippen LogP) is 1.39. The molecule has 0 unspecified atom stereocenters. The molecule has 17 heavy (non-hydrogen) atoms. The third kappa shape index (κ3) is 4.11. The van der Waals surface area contributed by atoms with Crippen molar-refractivity contribution in [3.05, 3.63) is 35.4 Å². The van der Waals surface area contributed by atoms with Gasteiger partial charge in [0, 0.05) is 6.54 Å². The van der Waals surface area contributed by atoms with E-state index in [0.717, 1.165) is 12.1 Å². The van der Waals surface area contributed by atoms with Gasteiger partial charge in [0.15, 0.2) is 11.6 Å². The molecule has 0 saturated heterocycles. The van der Waals surface area contributed by atoms with Crippen LogP contribution in [0, 0.1) is 11.6 Å². The van der Waals surface area contributed by atoms with E-state index in [9.17, 15) is 18.7 Å². The Bertz CT molecular complexity index is 413. The van der Waals surface area contributed by atoms with Crippen LogP contribution >= 0.6 is 0 Å². The highest BCUT2D eigenvalue weighted by Crippen LogP contribution is 2.09. The molecule has 0 saturated carbocycles. The van der Waals surface area contributed by atoms with E-state index in [1.807, 2.05) is 0 Å². The zero-order chi connectivity index (χ0) is 13.1. The summed E-state index contributed by atoms with van der Waals surface area (Å²) in [6.45, 7) is 3.01. The van der Waals surface area contributed by atoms with Crippen molar-refractivity contribution < 1.29 is 18.7 Å². The summed E-state index contributed by atoms with van der Waals surface area (Å²) in [6.07, 6.45) is 0.374. The summed E-state index contributed by atoms with van der Waals surface area (Å²) in [6, 6.07) is 3.59. The molecule has 3 nitrogen and oxygen atoms in total. The van der Waals surface area contributed by atoms with Crippen LogP contribution in [0.3, 0.4) is 0 Å². The number of benzene rings is 1. The topological polar surface area (TPSA) is 49.3 Å². The average molecular weight is 243 g/mol. The van der Waals surface area contributed by atoms with Gasteiger partial charge in [0.2, 0.25) is 0 Å². The van der Waals surface area contributed by atoms with Crippen molar-refractivity contribution in [1.29, 1.82) is 0 Å². The molecule has 0 radical (unpaired) electrons. The Labute approximate surface area is 98.5 Å². The molecular formula is C12H15F2NO2. The molecule has 0 heterocycles. The van der Waals surface area contributed by atoms with Crippen LogP contribution < -0.4 is 5.32 Å². The van der Waals surface area contributed by atoms with Gasteiger partial charge in [0.05, 0.1) is 0 Å². The van der Waals surface area contributed by atoms with Crippen LogP contribution in [0.1, 0.15) is 19.4 Å². The van der Waals surface area contributed by atoms with Gasteiger partial charge < -0.3 is 10.4 Å². The molecule has 1 aromatic carbocycles. The summed E-state index contributed by atoms with van der Waals surface area (Å²) in [7, 11) is 0. The molecule has 0 aromatic heterocycles. The Hall–Kier alpha value is -1.49. The zero-order valence-corrected chi connectivity index (χ0v) is 9.76. The first-order valence-electron chi connectivity index (χ1n) is 5.25. The molecule has 1 aromatic rings. The van der Waals surface area contributed by atoms with Crippen molar-refractivity contribution in [3.8, 4) is 0 Å². The maximum absolute atomic E-state index is 12.9. The minimum absolute atomic E-state index is 0.258. The second-order valence-corrected chi connectivity index (χ2v) is 4.31. The third-order valence-corrected chi connectivity index (χ3v) is 2.24. The number of hydrogen-bond donors (Lipinski definition) is 2. The number of carbonyl (C=O) groups excluding carboxylic acids is 1. The number of halogens is 2. The number of nitrogens with one attached hydrogen (secondary N) is 1. The van der Waals surface area contributed by atoms with Gasteiger partial charge in [-0.15, -0.1) is 0 Å². The summed E-state index contributed by atoms with van der Waals surface area (Å²) < 4.78 is 25.5. The highest BCUT2D eigenvalue weighted by Gasteiger charge is 2.22. The average Bonchev–Trinajstić information content (AvgIpc) is 2.22. The van der Waals surface area contributed by atoms with Crippen molar-refractivity contribution in [2.45, 2.75) is 25.9 Å². The number of aliphatic hydroxyl groups is 1. The first-order chi connectivity index (χ1) is 7.80. The van der Waals surface area contributed by atoms with Gasteiger partial charge in [-0.2, -0.15) is 0 Å². The lowest BCUT2D eigenvalue weighted by Crippen LogP contribution is -2.42. The number of hydrogen-bond acceptors (Lipinski definition) is 2. The summed E-state index contributed by atoms with van der Waals surface area (Å²) in [5.74, 6) is -2.30. The Kier molecular flexibility index (Phi) is 4.17. The first-order valence-corrected chi connectivity index (χ1v) is 5.25. The summed E-state index contributed by atoms with van der Waals surface area (Å²) in [5, 5.41) is 11.8. The van der Waals surface area contributed by atoms with Crippen molar-refractivity contribution in [2.75, 3.05) is 6.54 Å². The van der Waals surface area contributed by atoms with E-state index < -0.39 is 23.1 Å². The second-order valence-electron chi connectivity index (χ2n) is 4.31. The lowest BCUT2D eigenvalue weighted by molar-refractivity contribution is -0.136. The molecule has 0 fully saturated rings. The molecule has 5 heteroatoms. The molecule has 0 atom stereocenters.